The minimum Gasteiger partial charge on any atom is -0.494 e. The first-order valence-electron chi connectivity index (χ1n) is 9.05. The summed E-state index contributed by atoms with van der Waals surface area (Å²) in [4.78, 5) is 24.0. The average Bonchev–Trinajstić information content (AvgIpc) is 2.70. The van der Waals surface area contributed by atoms with E-state index in [1.54, 1.807) is 31.2 Å². The Morgan fingerprint density at radius 3 is 2.22 bits per heavy atom. The van der Waals surface area contributed by atoms with Gasteiger partial charge in [-0.1, -0.05) is 37.3 Å². The lowest BCUT2D eigenvalue weighted by molar-refractivity contribution is -0.129. The van der Waals surface area contributed by atoms with Crippen LogP contribution >= 0.6 is 0 Å². The fraction of sp³-hybridized carbons (Fsp3) is 0.333. The number of carbonyl (C=O) groups is 2. The number of amides is 2. The molecule has 0 spiro atoms. The van der Waals surface area contributed by atoms with Crippen LogP contribution < -0.4 is 20.1 Å². The highest BCUT2D eigenvalue weighted by Gasteiger charge is 2.15. The summed E-state index contributed by atoms with van der Waals surface area (Å²) in [6.07, 6.45) is 0.940. The molecule has 0 saturated heterocycles. The van der Waals surface area contributed by atoms with Gasteiger partial charge in [-0.15, -0.1) is 0 Å². The van der Waals surface area contributed by atoms with Crippen molar-refractivity contribution in [2.75, 3.05) is 13.2 Å². The highest BCUT2D eigenvalue weighted by atomic mass is 16.5. The second-order valence-corrected chi connectivity index (χ2v) is 6.10. The first-order valence-corrected chi connectivity index (χ1v) is 9.05. The first-order chi connectivity index (χ1) is 13.1. The Morgan fingerprint density at radius 1 is 0.963 bits per heavy atom. The van der Waals surface area contributed by atoms with Gasteiger partial charge in [0.05, 0.1) is 6.61 Å². The third kappa shape index (κ3) is 7.40. The van der Waals surface area contributed by atoms with Crippen molar-refractivity contribution >= 4 is 11.8 Å². The summed E-state index contributed by atoms with van der Waals surface area (Å²) in [6.45, 7) is 4.60. The molecular formula is C21H26N2O4. The summed E-state index contributed by atoms with van der Waals surface area (Å²) in [5.41, 5.74) is 0.999. The zero-order valence-electron chi connectivity index (χ0n) is 15.7. The summed E-state index contributed by atoms with van der Waals surface area (Å²) >= 11 is 0. The number of carbonyl (C=O) groups excluding carboxylic acids is 2. The highest BCUT2D eigenvalue weighted by molar-refractivity contribution is 5.87. The maximum atomic E-state index is 12.1. The van der Waals surface area contributed by atoms with Crippen LogP contribution in [0.5, 0.6) is 11.5 Å². The monoisotopic (exact) mass is 370 g/mol. The lowest BCUT2D eigenvalue weighted by Crippen LogP contribution is -2.46. The Hall–Kier alpha value is -3.02. The highest BCUT2D eigenvalue weighted by Crippen LogP contribution is 2.17. The molecule has 0 saturated carbocycles. The van der Waals surface area contributed by atoms with Crippen molar-refractivity contribution in [3.63, 3.8) is 0 Å². The molecular weight excluding hydrogens is 344 g/mol. The maximum Gasteiger partial charge on any atom is 0.258 e. The van der Waals surface area contributed by atoms with Crippen molar-refractivity contribution < 1.29 is 19.1 Å². The molecule has 144 valence electrons. The molecule has 0 bridgehead atoms. The molecule has 0 heterocycles. The van der Waals surface area contributed by atoms with Gasteiger partial charge in [0.25, 0.3) is 5.91 Å². The molecule has 0 aromatic heterocycles. The molecule has 2 aromatic carbocycles. The zero-order chi connectivity index (χ0) is 19.5. The molecule has 2 amide bonds. The van der Waals surface area contributed by atoms with Gasteiger partial charge in [0.2, 0.25) is 5.91 Å². The van der Waals surface area contributed by atoms with Gasteiger partial charge in [-0.05, 0) is 43.2 Å². The second kappa shape index (κ2) is 10.9. The molecule has 6 nitrogen and oxygen atoms in total. The van der Waals surface area contributed by atoms with Crippen LogP contribution in [0.3, 0.4) is 0 Å². The smallest absolute Gasteiger partial charge is 0.258 e. The van der Waals surface area contributed by atoms with Crippen LogP contribution in [0.1, 0.15) is 25.8 Å². The molecule has 0 aliphatic carbocycles. The predicted molar refractivity (Wildman–Crippen MR) is 104 cm³/mol. The minimum atomic E-state index is -0.644. The third-order valence-electron chi connectivity index (χ3n) is 3.75. The fourth-order valence-corrected chi connectivity index (χ4v) is 2.29. The third-order valence-corrected chi connectivity index (χ3v) is 3.75. The van der Waals surface area contributed by atoms with Crippen LogP contribution in [-0.4, -0.2) is 31.1 Å². The van der Waals surface area contributed by atoms with Crippen molar-refractivity contribution in [3.8, 4) is 11.5 Å². The number of benzene rings is 2. The van der Waals surface area contributed by atoms with Crippen molar-refractivity contribution in [2.45, 2.75) is 32.9 Å². The lowest BCUT2D eigenvalue weighted by Gasteiger charge is -2.14. The van der Waals surface area contributed by atoms with E-state index in [9.17, 15) is 9.59 Å². The van der Waals surface area contributed by atoms with Gasteiger partial charge >= 0.3 is 0 Å². The van der Waals surface area contributed by atoms with E-state index < -0.39 is 6.04 Å². The number of hydrogen-bond donors (Lipinski definition) is 2. The molecule has 0 aliphatic rings. The Kier molecular flexibility index (Phi) is 8.16. The van der Waals surface area contributed by atoms with Gasteiger partial charge in [0, 0.05) is 6.54 Å². The van der Waals surface area contributed by atoms with Crippen LogP contribution in [0, 0.1) is 0 Å². The van der Waals surface area contributed by atoms with E-state index in [0.717, 1.165) is 17.7 Å². The topological polar surface area (TPSA) is 76.7 Å². The van der Waals surface area contributed by atoms with Crippen molar-refractivity contribution in [2.24, 2.45) is 0 Å². The quantitative estimate of drug-likeness (QED) is 0.674. The number of ether oxygens (including phenoxy) is 2. The van der Waals surface area contributed by atoms with Crippen LogP contribution in [0.4, 0.5) is 0 Å². The normalized spacial score (nSPS) is 11.3. The van der Waals surface area contributed by atoms with Crippen LogP contribution in [0.2, 0.25) is 0 Å². The number of hydrogen-bond acceptors (Lipinski definition) is 4. The van der Waals surface area contributed by atoms with E-state index in [2.05, 4.69) is 10.6 Å². The lowest BCUT2D eigenvalue weighted by atomic mass is 10.2. The Bertz CT molecular complexity index is 717. The number of rotatable bonds is 10. The van der Waals surface area contributed by atoms with Gasteiger partial charge in [-0.3, -0.25) is 9.59 Å². The van der Waals surface area contributed by atoms with E-state index in [1.807, 2.05) is 37.3 Å². The van der Waals surface area contributed by atoms with Crippen LogP contribution in [-0.2, 0) is 16.1 Å². The molecule has 1 unspecified atom stereocenters. The largest absolute Gasteiger partial charge is 0.494 e. The zero-order valence-corrected chi connectivity index (χ0v) is 15.7. The van der Waals surface area contributed by atoms with Crippen LogP contribution in [0.25, 0.3) is 0 Å². The maximum absolute atomic E-state index is 12.1. The Balaban J connectivity index is 1.70. The van der Waals surface area contributed by atoms with Gasteiger partial charge < -0.3 is 20.1 Å². The molecule has 27 heavy (non-hydrogen) atoms. The number of nitrogens with one attached hydrogen (secondary N) is 2. The fourth-order valence-electron chi connectivity index (χ4n) is 2.29. The van der Waals surface area contributed by atoms with Crippen molar-refractivity contribution in [1.29, 1.82) is 0 Å². The molecule has 2 rings (SSSR count). The molecule has 0 radical (unpaired) electrons. The molecule has 0 fully saturated rings. The summed E-state index contributed by atoms with van der Waals surface area (Å²) < 4.78 is 10.9. The average molecular weight is 370 g/mol. The summed E-state index contributed by atoms with van der Waals surface area (Å²) in [7, 11) is 0. The standard InChI is InChI=1S/C21H26N2O4/c1-3-13-26-18-9-11-19(12-10-18)27-15-20(24)23-16(2)21(25)22-14-17-7-5-4-6-8-17/h4-12,16H,3,13-15H2,1-2H3,(H,22,25)(H,23,24). The summed E-state index contributed by atoms with van der Waals surface area (Å²) in [5.74, 6) is 0.723. The molecule has 0 aliphatic heterocycles. The van der Waals surface area contributed by atoms with Crippen molar-refractivity contribution in [1.82, 2.24) is 10.6 Å². The van der Waals surface area contributed by atoms with E-state index >= 15 is 0 Å². The Labute approximate surface area is 159 Å². The minimum absolute atomic E-state index is 0.161. The van der Waals surface area contributed by atoms with Gasteiger partial charge in [0.15, 0.2) is 6.61 Å². The van der Waals surface area contributed by atoms with Gasteiger partial charge in [-0.25, -0.2) is 0 Å². The van der Waals surface area contributed by atoms with E-state index in [4.69, 9.17) is 9.47 Å². The molecule has 1 atom stereocenters. The predicted octanol–water partition coefficient (Wildman–Crippen LogP) is 2.68. The van der Waals surface area contributed by atoms with E-state index in [0.29, 0.717) is 18.9 Å². The van der Waals surface area contributed by atoms with Crippen molar-refractivity contribution in [3.05, 3.63) is 60.2 Å². The van der Waals surface area contributed by atoms with Gasteiger partial charge in [-0.2, -0.15) is 0 Å². The SMILES string of the molecule is CCCOc1ccc(OCC(=O)NC(C)C(=O)NCc2ccccc2)cc1. The summed E-state index contributed by atoms with van der Waals surface area (Å²) in [5, 5.41) is 5.42. The Morgan fingerprint density at radius 2 is 1.59 bits per heavy atom. The second-order valence-electron chi connectivity index (χ2n) is 6.10. The van der Waals surface area contributed by atoms with Gasteiger partial charge in [0.1, 0.15) is 17.5 Å². The van der Waals surface area contributed by atoms with E-state index in [1.165, 1.54) is 0 Å². The van der Waals surface area contributed by atoms with Crippen LogP contribution in [0.15, 0.2) is 54.6 Å². The molecule has 2 aromatic rings. The molecule has 6 heteroatoms. The summed E-state index contributed by atoms with van der Waals surface area (Å²) in [6, 6.07) is 16.0. The van der Waals surface area contributed by atoms with E-state index in [-0.39, 0.29) is 18.4 Å². The first kappa shape index (κ1) is 20.3. The molecule has 2 N–H and O–H groups in total.